The molecule has 0 saturated carbocycles. The minimum absolute atomic E-state index is 0.0515. The van der Waals surface area contributed by atoms with Crippen LogP contribution in [0.5, 0.6) is 5.75 Å². The topological polar surface area (TPSA) is 77.8 Å². The second kappa shape index (κ2) is 9.85. The van der Waals surface area contributed by atoms with Crippen LogP contribution in [0.4, 0.5) is 4.39 Å². The maximum absolute atomic E-state index is 14.3. The number of carbonyl (C=O) groups is 2. The van der Waals surface area contributed by atoms with Gasteiger partial charge in [0, 0.05) is 35.2 Å². The Hall–Kier alpha value is -4.13. The smallest absolute Gasteiger partial charge is 0.337 e. The number of rotatable bonds is 6. The number of benzene rings is 2. The van der Waals surface area contributed by atoms with Crippen molar-refractivity contribution in [3.63, 3.8) is 0 Å². The van der Waals surface area contributed by atoms with E-state index in [2.05, 4.69) is 5.32 Å². The number of esters is 1. The molecule has 0 saturated heterocycles. The highest BCUT2D eigenvalue weighted by Crippen LogP contribution is 2.45. The van der Waals surface area contributed by atoms with E-state index in [0.29, 0.717) is 34.6 Å². The fourth-order valence-electron chi connectivity index (χ4n) is 5.00. The highest BCUT2D eigenvalue weighted by Gasteiger charge is 2.42. The Morgan fingerprint density at radius 3 is 2.61 bits per heavy atom. The van der Waals surface area contributed by atoms with E-state index in [1.54, 1.807) is 50.6 Å². The van der Waals surface area contributed by atoms with Gasteiger partial charge in [0.15, 0.2) is 5.78 Å². The summed E-state index contributed by atoms with van der Waals surface area (Å²) in [6, 6.07) is 16.9. The average molecular weight is 488 g/mol. The molecule has 1 N–H and O–H groups in total. The Kier molecular flexibility index (Phi) is 6.46. The standard InChI is InChI=1S/C29H26FNO5/c1-17-26(29(33)36-16-18-8-10-22(34-2)11-9-18)27(19-5-3-6-21(30)13-19)28-23(31-17)14-20(15-24(28)32)25-7-4-12-35-25/h3-13,20,27,31H,14-16H2,1-2H3. The third-order valence-electron chi connectivity index (χ3n) is 6.70. The van der Waals surface area contributed by atoms with E-state index in [-0.39, 0.29) is 24.7 Å². The van der Waals surface area contributed by atoms with E-state index >= 15 is 0 Å². The van der Waals surface area contributed by atoms with Gasteiger partial charge in [-0.1, -0.05) is 24.3 Å². The van der Waals surface area contributed by atoms with Crippen LogP contribution in [-0.2, 0) is 20.9 Å². The number of ether oxygens (including phenoxy) is 2. The number of methoxy groups -OCH3 is 1. The Morgan fingerprint density at radius 1 is 1.11 bits per heavy atom. The molecular weight excluding hydrogens is 461 g/mol. The quantitative estimate of drug-likeness (QED) is 0.461. The van der Waals surface area contributed by atoms with Crippen molar-refractivity contribution < 1.29 is 27.9 Å². The molecule has 0 bridgehead atoms. The first-order valence-corrected chi connectivity index (χ1v) is 11.8. The van der Waals surface area contributed by atoms with Crippen LogP contribution in [0, 0.1) is 5.82 Å². The second-order valence-corrected chi connectivity index (χ2v) is 9.01. The zero-order valence-electron chi connectivity index (χ0n) is 20.0. The molecule has 0 spiro atoms. The first kappa shape index (κ1) is 23.6. The van der Waals surface area contributed by atoms with Gasteiger partial charge in [-0.05, 0) is 60.9 Å². The second-order valence-electron chi connectivity index (χ2n) is 9.01. The minimum atomic E-state index is -0.731. The van der Waals surface area contributed by atoms with Crippen molar-refractivity contribution in [2.75, 3.05) is 7.11 Å². The van der Waals surface area contributed by atoms with Crippen molar-refractivity contribution in [3.8, 4) is 5.75 Å². The first-order chi connectivity index (χ1) is 17.4. The van der Waals surface area contributed by atoms with Crippen LogP contribution < -0.4 is 10.1 Å². The summed E-state index contributed by atoms with van der Waals surface area (Å²) >= 11 is 0. The Labute approximate surface area is 208 Å². The monoisotopic (exact) mass is 487 g/mol. The normalized spacial score (nSPS) is 19.6. The van der Waals surface area contributed by atoms with Gasteiger partial charge < -0.3 is 19.2 Å². The van der Waals surface area contributed by atoms with E-state index in [1.807, 2.05) is 18.2 Å². The number of hydrogen-bond donors (Lipinski definition) is 1. The highest BCUT2D eigenvalue weighted by molar-refractivity contribution is 6.04. The number of allylic oxidation sites excluding steroid dienone is 3. The summed E-state index contributed by atoms with van der Waals surface area (Å²) in [6.07, 6.45) is 2.38. The van der Waals surface area contributed by atoms with Gasteiger partial charge in [0.2, 0.25) is 0 Å². The summed E-state index contributed by atoms with van der Waals surface area (Å²) in [4.78, 5) is 26.9. The van der Waals surface area contributed by atoms with E-state index in [0.717, 1.165) is 17.0 Å². The molecule has 1 aromatic heterocycles. The summed E-state index contributed by atoms with van der Waals surface area (Å²) in [7, 11) is 1.58. The maximum Gasteiger partial charge on any atom is 0.337 e. The van der Waals surface area contributed by atoms with Gasteiger partial charge in [-0.3, -0.25) is 4.79 Å². The summed E-state index contributed by atoms with van der Waals surface area (Å²) in [5.41, 5.74) is 3.41. The summed E-state index contributed by atoms with van der Waals surface area (Å²) in [5, 5.41) is 3.28. The fourth-order valence-corrected chi connectivity index (χ4v) is 5.00. The molecule has 0 fully saturated rings. The zero-order valence-corrected chi connectivity index (χ0v) is 20.0. The molecule has 2 atom stereocenters. The number of carbonyl (C=O) groups excluding carboxylic acids is 2. The molecule has 0 radical (unpaired) electrons. The molecule has 5 rings (SSSR count). The summed E-state index contributed by atoms with van der Waals surface area (Å²) in [6.45, 7) is 1.83. The van der Waals surface area contributed by atoms with E-state index < -0.39 is 17.7 Å². The molecule has 2 aromatic carbocycles. The predicted molar refractivity (Wildman–Crippen MR) is 130 cm³/mol. The molecule has 1 aliphatic heterocycles. The summed E-state index contributed by atoms with van der Waals surface area (Å²) < 4.78 is 30.7. The zero-order chi connectivity index (χ0) is 25.2. The van der Waals surface area contributed by atoms with Crippen molar-refractivity contribution >= 4 is 11.8 Å². The number of furan rings is 1. The number of halogens is 1. The van der Waals surface area contributed by atoms with Crippen molar-refractivity contribution in [2.24, 2.45) is 0 Å². The molecule has 184 valence electrons. The molecule has 3 aromatic rings. The molecule has 6 nitrogen and oxygen atoms in total. The van der Waals surface area contributed by atoms with E-state index in [4.69, 9.17) is 13.9 Å². The Morgan fingerprint density at radius 2 is 1.92 bits per heavy atom. The van der Waals surface area contributed by atoms with Crippen LogP contribution in [0.15, 0.2) is 93.9 Å². The van der Waals surface area contributed by atoms with Crippen LogP contribution in [0.25, 0.3) is 0 Å². The highest BCUT2D eigenvalue weighted by atomic mass is 19.1. The van der Waals surface area contributed by atoms with Gasteiger partial charge in [-0.25, -0.2) is 9.18 Å². The number of Topliss-reactive ketones (excluding diaryl/α,β-unsaturated/α-hetero) is 1. The lowest BCUT2D eigenvalue weighted by molar-refractivity contribution is -0.140. The van der Waals surface area contributed by atoms with Crippen LogP contribution in [-0.4, -0.2) is 18.9 Å². The lowest BCUT2D eigenvalue weighted by Crippen LogP contribution is -2.36. The molecule has 2 unspecified atom stereocenters. The van der Waals surface area contributed by atoms with E-state index in [9.17, 15) is 14.0 Å². The van der Waals surface area contributed by atoms with Crippen LogP contribution in [0.1, 0.15) is 48.5 Å². The lowest BCUT2D eigenvalue weighted by Gasteiger charge is -2.36. The van der Waals surface area contributed by atoms with Crippen LogP contribution >= 0.6 is 0 Å². The van der Waals surface area contributed by atoms with Crippen molar-refractivity contribution in [1.29, 1.82) is 0 Å². The molecule has 0 amide bonds. The molecule has 1 aliphatic carbocycles. The lowest BCUT2D eigenvalue weighted by atomic mass is 9.72. The minimum Gasteiger partial charge on any atom is -0.497 e. The van der Waals surface area contributed by atoms with E-state index in [1.165, 1.54) is 12.1 Å². The van der Waals surface area contributed by atoms with Gasteiger partial charge >= 0.3 is 5.97 Å². The fraction of sp³-hybridized carbons (Fsp3) is 0.241. The van der Waals surface area contributed by atoms with Gasteiger partial charge in [0.05, 0.1) is 18.9 Å². The SMILES string of the molecule is COc1ccc(COC(=O)C2=C(C)NC3=C(C(=O)CC(c4ccco4)C3)C2c2cccc(F)c2)cc1. The number of nitrogens with one attached hydrogen (secondary N) is 1. The molecule has 2 heterocycles. The van der Waals surface area contributed by atoms with Gasteiger partial charge in [-0.15, -0.1) is 0 Å². The molecule has 36 heavy (non-hydrogen) atoms. The van der Waals surface area contributed by atoms with Crippen LogP contribution in [0.3, 0.4) is 0 Å². The molecule has 7 heteroatoms. The summed E-state index contributed by atoms with van der Waals surface area (Å²) in [5.74, 6) is -0.494. The van der Waals surface area contributed by atoms with Crippen molar-refractivity contribution in [1.82, 2.24) is 5.32 Å². The first-order valence-electron chi connectivity index (χ1n) is 11.8. The maximum atomic E-state index is 14.3. The largest absolute Gasteiger partial charge is 0.497 e. The number of dihydropyridines is 1. The van der Waals surface area contributed by atoms with Crippen molar-refractivity contribution in [2.45, 2.75) is 38.2 Å². The average Bonchev–Trinajstić information content (AvgIpc) is 3.42. The molecule has 2 aliphatic rings. The number of ketones is 1. The Balaban J connectivity index is 1.48. The third kappa shape index (κ3) is 4.56. The number of hydrogen-bond acceptors (Lipinski definition) is 6. The van der Waals surface area contributed by atoms with Gasteiger partial charge in [0.25, 0.3) is 0 Å². The van der Waals surface area contributed by atoms with Gasteiger partial charge in [0.1, 0.15) is 23.9 Å². The Bertz CT molecular complexity index is 1350. The third-order valence-corrected chi connectivity index (χ3v) is 6.70. The van der Waals surface area contributed by atoms with Crippen LogP contribution in [0.2, 0.25) is 0 Å². The predicted octanol–water partition coefficient (Wildman–Crippen LogP) is 5.53. The van der Waals surface area contributed by atoms with Crippen molar-refractivity contribution in [3.05, 3.63) is 112 Å². The van der Waals surface area contributed by atoms with Gasteiger partial charge in [-0.2, -0.15) is 0 Å². The molecular formula is C29H26FNO5.